The number of carbonyl (C=O) groups excluding carboxylic acids is 2. The molecule has 1 aromatic carbocycles. The maximum Gasteiger partial charge on any atom is 0.339 e. The lowest BCUT2D eigenvalue weighted by Crippen LogP contribution is -2.34. The summed E-state index contributed by atoms with van der Waals surface area (Å²) >= 11 is 0. The van der Waals surface area contributed by atoms with Crippen molar-refractivity contribution in [2.75, 3.05) is 6.61 Å². The van der Waals surface area contributed by atoms with Crippen LogP contribution in [0.15, 0.2) is 64.9 Å². The average Bonchev–Trinajstić information content (AvgIpc) is 3.29. The predicted octanol–water partition coefficient (Wildman–Crippen LogP) is 4.78. The molecule has 1 amide bonds. The van der Waals surface area contributed by atoms with E-state index >= 15 is 0 Å². The van der Waals surface area contributed by atoms with E-state index in [9.17, 15) is 9.59 Å². The molecular weight excluding hydrogens is 380 g/mol. The van der Waals surface area contributed by atoms with Gasteiger partial charge in [-0.1, -0.05) is 24.3 Å². The quantitative estimate of drug-likeness (QED) is 0.553. The summed E-state index contributed by atoms with van der Waals surface area (Å²) in [5, 5.41) is 0.711. The first-order chi connectivity index (χ1) is 14.6. The molecule has 0 spiro atoms. The summed E-state index contributed by atoms with van der Waals surface area (Å²) in [6, 6.07) is 12.7. The molecule has 0 radical (unpaired) electrons. The van der Waals surface area contributed by atoms with Crippen LogP contribution in [0.5, 0.6) is 0 Å². The van der Waals surface area contributed by atoms with Crippen molar-refractivity contribution in [1.82, 2.24) is 9.88 Å². The number of fused-ring (bicyclic) bond motifs is 1. The molecule has 2 aromatic heterocycles. The molecule has 0 atom stereocenters. The summed E-state index contributed by atoms with van der Waals surface area (Å²) in [7, 11) is 0. The van der Waals surface area contributed by atoms with Gasteiger partial charge in [-0.15, -0.1) is 0 Å². The Labute approximate surface area is 175 Å². The fraction of sp³-hybridized carbons (Fsp3) is 0.292. The Morgan fingerprint density at radius 2 is 2.03 bits per heavy atom. The SMILES string of the molecule is Cc1cc(C(=O)OCC(=O)N(Cc2ccco2)C2=CCCCC2)c2ccccc2n1. The van der Waals surface area contributed by atoms with Gasteiger partial charge in [0.1, 0.15) is 5.76 Å². The summed E-state index contributed by atoms with van der Waals surface area (Å²) in [4.78, 5) is 31.9. The van der Waals surface area contributed by atoms with Gasteiger partial charge < -0.3 is 14.1 Å². The van der Waals surface area contributed by atoms with E-state index in [1.165, 1.54) is 0 Å². The van der Waals surface area contributed by atoms with Crippen LogP contribution in [0.25, 0.3) is 10.9 Å². The smallest absolute Gasteiger partial charge is 0.339 e. The van der Waals surface area contributed by atoms with E-state index in [0.29, 0.717) is 23.3 Å². The van der Waals surface area contributed by atoms with Crippen LogP contribution < -0.4 is 0 Å². The fourth-order valence-electron chi connectivity index (χ4n) is 3.73. The minimum Gasteiger partial charge on any atom is -0.467 e. The third-order valence-electron chi connectivity index (χ3n) is 5.20. The lowest BCUT2D eigenvalue weighted by atomic mass is 10.0. The number of hydrogen-bond donors (Lipinski definition) is 0. The number of esters is 1. The topological polar surface area (TPSA) is 72.6 Å². The van der Waals surface area contributed by atoms with Gasteiger partial charge in [-0.25, -0.2) is 4.79 Å². The maximum atomic E-state index is 13.0. The van der Waals surface area contributed by atoms with Gasteiger partial charge in [0.2, 0.25) is 0 Å². The van der Waals surface area contributed by atoms with Crippen molar-refractivity contribution < 1.29 is 18.7 Å². The first kappa shape index (κ1) is 19.9. The van der Waals surface area contributed by atoms with E-state index in [-0.39, 0.29) is 12.5 Å². The summed E-state index contributed by atoms with van der Waals surface area (Å²) in [5.74, 6) is -0.0968. The molecule has 0 saturated carbocycles. The van der Waals surface area contributed by atoms with Crippen molar-refractivity contribution in [3.05, 3.63) is 77.5 Å². The summed E-state index contributed by atoms with van der Waals surface area (Å²) in [6.45, 7) is 1.83. The third kappa shape index (κ3) is 4.43. The zero-order valence-electron chi connectivity index (χ0n) is 17.0. The second kappa shape index (κ2) is 8.95. The van der Waals surface area contributed by atoms with E-state index in [4.69, 9.17) is 9.15 Å². The number of pyridine rings is 1. The second-order valence-corrected chi connectivity index (χ2v) is 7.40. The van der Waals surface area contributed by atoms with Crippen LogP contribution in [-0.4, -0.2) is 28.4 Å². The van der Waals surface area contributed by atoms with Crippen molar-refractivity contribution in [3.63, 3.8) is 0 Å². The number of benzene rings is 1. The van der Waals surface area contributed by atoms with Crippen LogP contribution in [0, 0.1) is 6.92 Å². The predicted molar refractivity (Wildman–Crippen MR) is 113 cm³/mol. The van der Waals surface area contributed by atoms with Gasteiger partial charge in [-0.05, 0) is 56.9 Å². The number of allylic oxidation sites excluding steroid dienone is 2. The summed E-state index contributed by atoms with van der Waals surface area (Å²) in [6.07, 6.45) is 7.61. The van der Waals surface area contributed by atoms with E-state index in [1.54, 1.807) is 23.3 Å². The standard InChI is InChI=1S/C24H24N2O4/c1-17-14-21(20-11-5-6-12-22(20)25-17)24(28)30-16-23(27)26(15-19-10-7-13-29-19)18-8-3-2-4-9-18/h5-8,10-14H,2-4,9,15-16H2,1H3. The van der Waals surface area contributed by atoms with Gasteiger partial charge in [-0.2, -0.15) is 0 Å². The van der Waals surface area contributed by atoms with Crippen LogP contribution in [0.3, 0.4) is 0 Å². The number of amides is 1. The highest BCUT2D eigenvalue weighted by atomic mass is 16.5. The average molecular weight is 404 g/mol. The number of hydrogen-bond acceptors (Lipinski definition) is 5. The molecule has 1 aliphatic rings. The second-order valence-electron chi connectivity index (χ2n) is 7.40. The molecule has 2 heterocycles. The van der Waals surface area contributed by atoms with Crippen LogP contribution in [0.2, 0.25) is 0 Å². The number of furan rings is 1. The van der Waals surface area contributed by atoms with E-state index in [1.807, 2.05) is 37.3 Å². The van der Waals surface area contributed by atoms with Gasteiger partial charge in [0.15, 0.2) is 6.61 Å². The molecule has 154 valence electrons. The van der Waals surface area contributed by atoms with Crippen LogP contribution in [-0.2, 0) is 16.1 Å². The lowest BCUT2D eigenvalue weighted by molar-refractivity contribution is -0.133. The number of rotatable bonds is 6. The van der Waals surface area contributed by atoms with Crippen molar-refractivity contribution in [2.24, 2.45) is 0 Å². The van der Waals surface area contributed by atoms with Crippen molar-refractivity contribution in [2.45, 2.75) is 39.2 Å². The Hall–Kier alpha value is -3.41. The Balaban J connectivity index is 1.50. The molecule has 3 aromatic rings. The maximum absolute atomic E-state index is 13.0. The largest absolute Gasteiger partial charge is 0.467 e. The van der Waals surface area contributed by atoms with Crippen molar-refractivity contribution >= 4 is 22.8 Å². The molecule has 0 fully saturated rings. The van der Waals surface area contributed by atoms with Crippen LogP contribution in [0.1, 0.15) is 47.5 Å². The molecule has 0 bridgehead atoms. The molecule has 30 heavy (non-hydrogen) atoms. The number of para-hydroxylation sites is 1. The van der Waals surface area contributed by atoms with Crippen LogP contribution >= 0.6 is 0 Å². The summed E-state index contributed by atoms with van der Waals surface area (Å²) < 4.78 is 10.9. The van der Waals surface area contributed by atoms with Gasteiger partial charge >= 0.3 is 5.97 Å². The Morgan fingerprint density at radius 3 is 2.80 bits per heavy atom. The Kier molecular flexibility index (Phi) is 5.93. The number of aromatic nitrogens is 1. The highest BCUT2D eigenvalue weighted by Gasteiger charge is 2.23. The molecule has 0 N–H and O–H groups in total. The fourth-order valence-corrected chi connectivity index (χ4v) is 3.73. The third-order valence-corrected chi connectivity index (χ3v) is 5.20. The van der Waals surface area contributed by atoms with Crippen LogP contribution in [0.4, 0.5) is 0 Å². The molecule has 4 rings (SSSR count). The Bertz CT molecular complexity index is 1090. The van der Waals surface area contributed by atoms with Gasteiger partial charge in [0.25, 0.3) is 5.91 Å². The number of aryl methyl sites for hydroxylation is 1. The molecular formula is C24H24N2O4. The number of ether oxygens (including phenoxy) is 1. The summed E-state index contributed by atoms with van der Waals surface area (Å²) in [5.41, 5.74) is 2.82. The van der Waals surface area contributed by atoms with Gasteiger partial charge in [0.05, 0.1) is 23.9 Å². The minimum atomic E-state index is -0.527. The molecule has 6 nitrogen and oxygen atoms in total. The highest BCUT2D eigenvalue weighted by Crippen LogP contribution is 2.24. The first-order valence-electron chi connectivity index (χ1n) is 10.2. The van der Waals surface area contributed by atoms with Crippen molar-refractivity contribution in [1.29, 1.82) is 0 Å². The monoisotopic (exact) mass is 404 g/mol. The number of carbonyl (C=O) groups is 2. The number of nitrogens with zero attached hydrogens (tertiary/aromatic N) is 2. The molecule has 1 aliphatic carbocycles. The Morgan fingerprint density at radius 1 is 1.17 bits per heavy atom. The first-order valence-corrected chi connectivity index (χ1v) is 10.2. The van der Waals surface area contributed by atoms with E-state index < -0.39 is 5.97 Å². The zero-order valence-corrected chi connectivity index (χ0v) is 17.0. The molecule has 0 saturated heterocycles. The van der Waals surface area contributed by atoms with E-state index in [0.717, 1.165) is 42.6 Å². The van der Waals surface area contributed by atoms with Gasteiger partial charge in [-0.3, -0.25) is 9.78 Å². The zero-order chi connectivity index (χ0) is 20.9. The molecule has 0 unspecified atom stereocenters. The lowest BCUT2D eigenvalue weighted by Gasteiger charge is -2.27. The van der Waals surface area contributed by atoms with E-state index in [2.05, 4.69) is 11.1 Å². The highest BCUT2D eigenvalue weighted by molar-refractivity contribution is 6.04. The molecule has 0 aliphatic heterocycles. The van der Waals surface area contributed by atoms with Crippen molar-refractivity contribution in [3.8, 4) is 0 Å². The molecule has 6 heteroatoms. The normalized spacial score (nSPS) is 13.7. The minimum absolute atomic E-state index is 0.261. The van der Waals surface area contributed by atoms with Gasteiger partial charge in [0, 0.05) is 16.8 Å².